The van der Waals surface area contributed by atoms with E-state index in [-0.39, 0.29) is 36.0 Å². The second-order valence-corrected chi connectivity index (χ2v) is 10.8. The van der Waals surface area contributed by atoms with E-state index in [1.165, 1.54) is 24.4 Å². The van der Waals surface area contributed by atoms with Crippen molar-refractivity contribution >= 4 is 28.5 Å². The average molecular weight is 529 g/mol. The number of hydrogen-bond acceptors (Lipinski definition) is 6. The van der Waals surface area contributed by atoms with Gasteiger partial charge in [0.15, 0.2) is 5.82 Å². The number of ether oxygens (including phenoxy) is 1. The highest BCUT2D eigenvalue weighted by Gasteiger charge is 2.34. The molecule has 0 radical (unpaired) electrons. The molecule has 1 atom stereocenters. The third-order valence-corrected chi connectivity index (χ3v) is 7.08. The number of nitrogens with zero attached hydrogens (tertiary/aromatic N) is 5. The van der Waals surface area contributed by atoms with Gasteiger partial charge in [0.05, 0.1) is 35.5 Å². The minimum atomic E-state index is -0.650. The molecule has 1 aromatic carbocycles. The first kappa shape index (κ1) is 26.1. The van der Waals surface area contributed by atoms with Crippen LogP contribution in [0.1, 0.15) is 54.1 Å². The van der Waals surface area contributed by atoms with Gasteiger partial charge in [0, 0.05) is 49.0 Å². The summed E-state index contributed by atoms with van der Waals surface area (Å²) < 4.78 is 7.17. The molecular formula is C29H32N6O4. The Kier molecular flexibility index (Phi) is 6.71. The number of hydrogen-bond donors (Lipinski definition) is 1. The number of pyridine rings is 1. The lowest BCUT2D eigenvalue weighted by molar-refractivity contribution is -0.128. The summed E-state index contributed by atoms with van der Waals surface area (Å²) in [6, 6.07) is 10.7. The molecule has 0 unspecified atom stereocenters. The van der Waals surface area contributed by atoms with E-state index in [1.807, 2.05) is 37.4 Å². The summed E-state index contributed by atoms with van der Waals surface area (Å²) in [4.78, 5) is 50.7. The number of carbonyl (C=O) groups is 3. The molecule has 1 aliphatic rings. The lowest BCUT2D eigenvalue weighted by Crippen LogP contribution is -2.56. The topological polar surface area (TPSA) is 113 Å². The van der Waals surface area contributed by atoms with Crippen LogP contribution in [-0.4, -0.2) is 79.9 Å². The first-order valence-corrected chi connectivity index (χ1v) is 12.9. The zero-order chi connectivity index (χ0) is 27.9. The molecule has 3 aromatic heterocycles. The standard InChI is InChI=1S/C29H32N6O4/c1-18-17-33(13-14-34(18)27(37)19-9-7-6-8-10-19)28(38)25(36)20-15-30-24-23(20)21(39-5)16-31-26(24)35-12-11-22(32-35)29(2,3)4/h6-12,15-16,18,30H,13-14,17H2,1-5H3/t18-/m1/s1. The highest BCUT2D eigenvalue weighted by molar-refractivity contribution is 6.45. The van der Waals surface area contributed by atoms with Gasteiger partial charge in [-0.3, -0.25) is 14.4 Å². The fourth-order valence-electron chi connectivity index (χ4n) is 4.90. The van der Waals surface area contributed by atoms with Crippen molar-refractivity contribution < 1.29 is 19.1 Å². The summed E-state index contributed by atoms with van der Waals surface area (Å²) in [6.07, 6.45) is 4.87. The van der Waals surface area contributed by atoms with Crippen LogP contribution in [0.5, 0.6) is 5.75 Å². The van der Waals surface area contributed by atoms with Crippen LogP contribution in [0.25, 0.3) is 16.7 Å². The van der Waals surface area contributed by atoms with Crippen LogP contribution in [0, 0.1) is 0 Å². The maximum absolute atomic E-state index is 13.5. The van der Waals surface area contributed by atoms with Crippen molar-refractivity contribution in [1.82, 2.24) is 29.5 Å². The Morgan fingerprint density at radius 3 is 2.46 bits per heavy atom. The zero-order valence-corrected chi connectivity index (χ0v) is 22.8. The third-order valence-electron chi connectivity index (χ3n) is 7.08. The van der Waals surface area contributed by atoms with E-state index in [9.17, 15) is 14.4 Å². The number of Topliss-reactive ketones (excluding diaryl/α,β-unsaturated/α-hetero) is 1. The molecule has 1 saturated heterocycles. The van der Waals surface area contributed by atoms with Gasteiger partial charge in [0.1, 0.15) is 5.75 Å². The molecule has 10 nitrogen and oxygen atoms in total. The number of aromatic amines is 1. The summed E-state index contributed by atoms with van der Waals surface area (Å²) >= 11 is 0. The van der Waals surface area contributed by atoms with Crippen LogP contribution in [0.15, 0.2) is 55.0 Å². The van der Waals surface area contributed by atoms with Crippen LogP contribution in [-0.2, 0) is 10.2 Å². The SMILES string of the molecule is COc1cnc(-n2ccc(C(C)(C)C)n2)c2[nH]cc(C(=O)C(=O)N3CCN(C(=O)c4ccccc4)[C@H](C)C3)c12. The van der Waals surface area contributed by atoms with Crippen molar-refractivity contribution in [2.24, 2.45) is 0 Å². The Balaban J connectivity index is 1.40. The fourth-order valence-corrected chi connectivity index (χ4v) is 4.90. The molecule has 1 aliphatic heterocycles. The number of rotatable bonds is 5. The van der Waals surface area contributed by atoms with E-state index in [4.69, 9.17) is 4.74 Å². The number of methoxy groups -OCH3 is 1. The van der Waals surface area contributed by atoms with Crippen LogP contribution >= 0.6 is 0 Å². The lowest BCUT2D eigenvalue weighted by atomic mass is 9.93. The highest BCUT2D eigenvalue weighted by Crippen LogP contribution is 2.32. The number of benzene rings is 1. The predicted octanol–water partition coefficient (Wildman–Crippen LogP) is 3.61. The molecule has 39 heavy (non-hydrogen) atoms. The Labute approximate surface area is 226 Å². The number of fused-ring (bicyclic) bond motifs is 1. The van der Waals surface area contributed by atoms with Crippen molar-refractivity contribution in [1.29, 1.82) is 0 Å². The fraction of sp³-hybridized carbons (Fsp3) is 0.345. The number of piperazine rings is 1. The second-order valence-electron chi connectivity index (χ2n) is 10.8. The van der Waals surface area contributed by atoms with Gasteiger partial charge in [-0.1, -0.05) is 39.0 Å². The van der Waals surface area contributed by atoms with Crippen molar-refractivity contribution in [2.45, 2.75) is 39.2 Å². The molecule has 202 valence electrons. The quantitative estimate of drug-likeness (QED) is 0.313. The van der Waals surface area contributed by atoms with Crippen molar-refractivity contribution in [3.63, 3.8) is 0 Å². The van der Waals surface area contributed by atoms with E-state index in [0.29, 0.717) is 34.6 Å². The van der Waals surface area contributed by atoms with Gasteiger partial charge in [-0.05, 0) is 25.1 Å². The van der Waals surface area contributed by atoms with E-state index in [0.717, 1.165) is 5.69 Å². The van der Waals surface area contributed by atoms with Crippen LogP contribution in [0.4, 0.5) is 0 Å². The molecule has 4 heterocycles. The molecule has 0 bridgehead atoms. The molecule has 10 heteroatoms. The number of ketones is 1. The van der Waals surface area contributed by atoms with Crippen molar-refractivity contribution in [3.8, 4) is 11.6 Å². The Hall–Kier alpha value is -4.47. The summed E-state index contributed by atoms with van der Waals surface area (Å²) in [5.74, 6) is -0.488. The largest absolute Gasteiger partial charge is 0.494 e. The Bertz CT molecular complexity index is 1550. The second kappa shape index (κ2) is 10.0. The van der Waals surface area contributed by atoms with Gasteiger partial charge in [-0.25, -0.2) is 9.67 Å². The summed E-state index contributed by atoms with van der Waals surface area (Å²) in [7, 11) is 1.50. The van der Waals surface area contributed by atoms with Gasteiger partial charge in [0.25, 0.3) is 17.6 Å². The molecule has 1 N–H and O–H groups in total. The minimum Gasteiger partial charge on any atom is -0.494 e. The van der Waals surface area contributed by atoms with Crippen molar-refractivity contribution in [3.05, 3.63) is 71.8 Å². The van der Waals surface area contributed by atoms with Crippen LogP contribution < -0.4 is 4.74 Å². The van der Waals surface area contributed by atoms with Crippen molar-refractivity contribution in [2.75, 3.05) is 26.7 Å². The smallest absolute Gasteiger partial charge is 0.295 e. The summed E-state index contributed by atoms with van der Waals surface area (Å²) in [6.45, 7) is 8.98. The zero-order valence-electron chi connectivity index (χ0n) is 22.8. The summed E-state index contributed by atoms with van der Waals surface area (Å²) in [5, 5.41) is 5.14. The first-order chi connectivity index (χ1) is 18.6. The maximum atomic E-state index is 13.5. The number of carbonyl (C=O) groups excluding carboxylic acids is 3. The Morgan fingerprint density at radius 2 is 1.82 bits per heavy atom. The number of amides is 2. The number of nitrogens with one attached hydrogen (secondary N) is 1. The van der Waals surface area contributed by atoms with E-state index in [1.54, 1.807) is 21.7 Å². The molecule has 2 amide bonds. The van der Waals surface area contributed by atoms with Crippen LogP contribution in [0.3, 0.4) is 0 Å². The summed E-state index contributed by atoms with van der Waals surface area (Å²) in [5.41, 5.74) is 2.09. The first-order valence-electron chi connectivity index (χ1n) is 12.9. The van der Waals surface area contributed by atoms with Gasteiger partial charge in [-0.15, -0.1) is 0 Å². The minimum absolute atomic E-state index is 0.0869. The molecule has 4 aromatic rings. The van der Waals surface area contributed by atoms with E-state index < -0.39 is 11.7 Å². The molecule has 0 spiro atoms. The maximum Gasteiger partial charge on any atom is 0.295 e. The molecule has 1 fully saturated rings. The van der Waals surface area contributed by atoms with Gasteiger partial charge in [-0.2, -0.15) is 5.10 Å². The number of aromatic nitrogens is 4. The normalized spacial score (nSPS) is 16.0. The molecule has 0 saturated carbocycles. The van der Waals surface area contributed by atoms with Gasteiger partial charge >= 0.3 is 0 Å². The average Bonchev–Trinajstić information content (AvgIpc) is 3.60. The Morgan fingerprint density at radius 1 is 1.08 bits per heavy atom. The van der Waals surface area contributed by atoms with E-state index in [2.05, 4.69) is 35.8 Å². The lowest BCUT2D eigenvalue weighted by Gasteiger charge is -2.39. The molecule has 0 aliphatic carbocycles. The molecule has 5 rings (SSSR count). The van der Waals surface area contributed by atoms with Crippen LogP contribution in [0.2, 0.25) is 0 Å². The predicted molar refractivity (Wildman–Crippen MR) is 146 cm³/mol. The van der Waals surface area contributed by atoms with E-state index >= 15 is 0 Å². The number of H-pyrrole nitrogens is 1. The monoisotopic (exact) mass is 528 g/mol. The highest BCUT2D eigenvalue weighted by atomic mass is 16.5. The third kappa shape index (κ3) is 4.78. The van der Waals surface area contributed by atoms with Gasteiger partial charge < -0.3 is 19.5 Å². The van der Waals surface area contributed by atoms with Gasteiger partial charge in [0.2, 0.25) is 0 Å². The molecular weight excluding hydrogens is 496 g/mol.